The molecule has 6 nitrogen and oxygen atoms in total. The quantitative estimate of drug-likeness (QED) is 0.870. The third-order valence-corrected chi connectivity index (χ3v) is 4.15. The van der Waals surface area contributed by atoms with Gasteiger partial charge >= 0.3 is 0 Å². The predicted molar refractivity (Wildman–Crippen MR) is 89.0 cm³/mol. The maximum absolute atomic E-state index is 13.7. The van der Waals surface area contributed by atoms with Crippen LogP contribution in [0.1, 0.15) is 25.2 Å². The molecule has 3 rings (SSSR count). The van der Waals surface area contributed by atoms with E-state index in [-0.39, 0.29) is 37.0 Å². The Hall–Kier alpha value is -2.70. The molecule has 1 N–H and O–H groups in total. The molecular weight excluding hydrogens is 325 g/mol. The summed E-state index contributed by atoms with van der Waals surface area (Å²) in [4.78, 5) is 29.6. The van der Waals surface area contributed by atoms with E-state index in [2.05, 4.69) is 10.3 Å². The number of carbonyl (C=O) groups excluding carboxylic acids is 2. The van der Waals surface area contributed by atoms with Crippen LogP contribution in [-0.2, 0) is 16.0 Å². The normalized spacial score (nSPS) is 13.9. The van der Waals surface area contributed by atoms with Crippen molar-refractivity contribution in [2.75, 3.05) is 19.6 Å². The molecule has 25 heavy (non-hydrogen) atoms. The second-order valence-electron chi connectivity index (χ2n) is 5.96. The summed E-state index contributed by atoms with van der Waals surface area (Å²) in [5.41, 5.74) is 0.335. The monoisotopic (exact) mass is 345 g/mol. The predicted octanol–water partition coefficient (Wildman–Crippen LogP) is 2.15. The number of amides is 2. The van der Waals surface area contributed by atoms with Crippen molar-refractivity contribution in [2.45, 2.75) is 25.7 Å². The fourth-order valence-electron chi connectivity index (χ4n) is 2.77. The molecule has 2 aromatic rings. The fourth-order valence-corrected chi connectivity index (χ4v) is 2.77. The van der Waals surface area contributed by atoms with Crippen molar-refractivity contribution in [3.8, 4) is 11.3 Å². The van der Waals surface area contributed by atoms with Gasteiger partial charge in [-0.1, -0.05) is 12.1 Å². The summed E-state index contributed by atoms with van der Waals surface area (Å²) in [6, 6.07) is 6.27. The minimum atomic E-state index is -0.386. The van der Waals surface area contributed by atoms with Crippen LogP contribution in [0.3, 0.4) is 0 Å². The van der Waals surface area contributed by atoms with Crippen LogP contribution in [-0.4, -0.2) is 41.3 Å². The summed E-state index contributed by atoms with van der Waals surface area (Å²) < 4.78 is 19.2. The smallest absolute Gasteiger partial charge is 0.241 e. The summed E-state index contributed by atoms with van der Waals surface area (Å²) in [6.45, 7) is 1.55. The Kier molecular flexibility index (Phi) is 5.42. The van der Waals surface area contributed by atoms with Gasteiger partial charge in [0, 0.05) is 25.9 Å². The molecule has 1 aromatic heterocycles. The van der Waals surface area contributed by atoms with Crippen LogP contribution in [0.5, 0.6) is 0 Å². The van der Waals surface area contributed by atoms with Gasteiger partial charge < -0.3 is 14.6 Å². The third kappa shape index (κ3) is 4.43. The van der Waals surface area contributed by atoms with Gasteiger partial charge in [-0.25, -0.2) is 9.37 Å². The van der Waals surface area contributed by atoms with Gasteiger partial charge in [0.2, 0.25) is 11.8 Å². The van der Waals surface area contributed by atoms with Crippen molar-refractivity contribution in [1.82, 2.24) is 15.2 Å². The largest absolute Gasteiger partial charge is 0.441 e. The number of aromatic nitrogens is 1. The van der Waals surface area contributed by atoms with Crippen molar-refractivity contribution >= 4 is 11.8 Å². The van der Waals surface area contributed by atoms with Gasteiger partial charge in [0.15, 0.2) is 11.7 Å². The van der Waals surface area contributed by atoms with E-state index in [1.54, 1.807) is 23.1 Å². The Morgan fingerprint density at radius 2 is 2.00 bits per heavy atom. The van der Waals surface area contributed by atoms with Crippen molar-refractivity contribution in [1.29, 1.82) is 0 Å². The maximum Gasteiger partial charge on any atom is 0.241 e. The van der Waals surface area contributed by atoms with Gasteiger partial charge in [-0.3, -0.25) is 9.59 Å². The number of oxazole rings is 1. The van der Waals surface area contributed by atoms with Gasteiger partial charge in [0.25, 0.3) is 0 Å². The molecular formula is C18H20FN3O3. The molecule has 1 aliphatic heterocycles. The number of rotatable bonds is 6. The molecule has 0 atom stereocenters. The van der Waals surface area contributed by atoms with Crippen molar-refractivity contribution in [3.63, 3.8) is 0 Å². The summed E-state index contributed by atoms with van der Waals surface area (Å²) in [6.07, 6.45) is 3.94. The molecule has 2 heterocycles. The van der Waals surface area contributed by atoms with E-state index in [1.165, 1.54) is 12.3 Å². The molecule has 1 aromatic carbocycles. The number of nitrogens with one attached hydrogen (secondary N) is 1. The molecule has 2 amide bonds. The van der Waals surface area contributed by atoms with Crippen LogP contribution >= 0.6 is 0 Å². The van der Waals surface area contributed by atoms with E-state index >= 15 is 0 Å². The minimum Gasteiger partial charge on any atom is -0.441 e. The van der Waals surface area contributed by atoms with Crippen molar-refractivity contribution in [2.24, 2.45) is 0 Å². The zero-order chi connectivity index (χ0) is 17.6. The number of likely N-dealkylation sites (tertiary alicyclic amines) is 1. The zero-order valence-electron chi connectivity index (χ0n) is 13.8. The highest BCUT2D eigenvalue weighted by molar-refractivity contribution is 5.84. The SMILES string of the molecule is O=C(CCc1ncc(-c2ccccc2F)o1)NCC(=O)N1CCCC1. The average molecular weight is 345 g/mol. The minimum absolute atomic E-state index is 0.0187. The summed E-state index contributed by atoms with van der Waals surface area (Å²) in [5, 5.41) is 2.62. The van der Waals surface area contributed by atoms with Gasteiger partial charge in [0.1, 0.15) is 5.82 Å². The lowest BCUT2D eigenvalue weighted by Gasteiger charge is -2.15. The molecule has 1 saturated heterocycles. The van der Waals surface area contributed by atoms with Crippen LogP contribution in [0.4, 0.5) is 4.39 Å². The van der Waals surface area contributed by atoms with Crippen LogP contribution in [0, 0.1) is 5.82 Å². The highest BCUT2D eigenvalue weighted by Crippen LogP contribution is 2.23. The number of carbonyl (C=O) groups is 2. The topological polar surface area (TPSA) is 75.4 Å². The van der Waals surface area contributed by atoms with Gasteiger partial charge in [-0.15, -0.1) is 0 Å². The molecule has 0 aliphatic carbocycles. The van der Waals surface area contributed by atoms with E-state index in [1.807, 2.05) is 0 Å². The van der Waals surface area contributed by atoms with Crippen LogP contribution in [0.2, 0.25) is 0 Å². The first kappa shape index (κ1) is 17.1. The molecule has 1 aliphatic rings. The lowest BCUT2D eigenvalue weighted by Crippen LogP contribution is -2.38. The number of hydrogen-bond donors (Lipinski definition) is 1. The first-order valence-electron chi connectivity index (χ1n) is 8.37. The first-order chi connectivity index (χ1) is 12.1. The molecule has 0 saturated carbocycles. The Morgan fingerprint density at radius 3 is 2.76 bits per heavy atom. The van der Waals surface area contributed by atoms with E-state index in [0.717, 1.165) is 25.9 Å². The number of hydrogen-bond acceptors (Lipinski definition) is 4. The zero-order valence-corrected chi connectivity index (χ0v) is 13.8. The highest BCUT2D eigenvalue weighted by atomic mass is 19.1. The number of benzene rings is 1. The average Bonchev–Trinajstić information content (AvgIpc) is 3.30. The second-order valence-corrected chi connectivity index (χ2v) is 5.96. The number of aryl methyl sites for hydroxylation is 1. The van der Waals surface area contributed by atoms with Crippen LogP contribution in [0.15, 0.2) is 34.9 Å². The van der Waals surface area contributed by atoms with Crippen molar-refractivity contribution < 1.29 is 18.4 Å². The molecule has 7 heteroatoms. The maximum atomic E-state index is 13.7. The van der Waals surface area contributed by atoms with E-state index in [9.17, 15) is 14.0 Å². The molecule has 1 fully saturated rings. The first-order valence-corrected chi connectivity index (χ1v) is 8.37. The third-order valence-electron chi connectivity index (χ3n) is 4.15. The van der Waals surface area contributed by atoms with Crippen molar-refractivity contribution in [3.05, 3.63) is 42.2 Å². The Morgan fingerprint density at radius 1 is 1.24 bits per heavy atom. The molecule has 0 bridgehead atoms. The van der Waals surface area contributed by atoms with E-state index in [4.69, 9.17) is 4.42 Å². The highest BCUT2D eigenvalue weighted by Gasteiger charge is 2.18. The number of halogens is 1. The Bertz CT molecular complexity index is 754. The summed E-state index contributed by atoms with van der Waals surface area (Å²) in [5.74, 6) is 0.0161. The van der Waals surface area contributed by atoms with Crippen LogP contribution in [0.25, 0.3) is 11.3 Å². The number of nitrogens with zero attached hydrogens (tertiary/aromatic N) is 2. The van der Waals surface area contributed by atoms with Gasteiger partial charge in [0.05, 0.1) is 18.3 Å². The molecule has 0 spiro atoms. The summed E-state index contributed by atoms with van der Waals surface area (Å²) in [7, 11) is 0. The van der Waals surface area contributed by atoms with Crippen LogP contribution < -0.4 is 5.32 Å². The van der Waals surface area contributed by atoms with Gasteiger partial charge in [-0.2, -0.15) is 0 Å². The fraction of sp³-hybridized carbons (Fsp3) is 0.389. The lowest BCUT2D eigenvalue weighted by molar-refractivity contribution is -0.132. The Balaban J connectivity index is 1.46. The molecule has 132 valence electrons. The standard InChI is InChI=1S/C18H20FN3O3/c19-14-6-2-1-5-13(14)15-11-21-17(25-15)8-7-16(23)20-12-18(24)22-9-3-4-10-22/h1-2,5-6,11H,3-4,7-10,12H2,(H,20,23). The van der Waals surface area contributed by atoms with Gasteiger partial charge in [-0.05, 0) is 25.0 Å². The molecule has 0 unspecified atom stereocenters. The van der Waals surface area contributed by atoms with E-state index < -0.39 is 0 Å². The van der Waals surface area contributed by atoms with E-state index in [0.29, 0.717) is 17.2 Å². The Labute approximate surface area is 145 Å². The second kappa shape index (κ2) is 7.92. The lowest BCUT2D eigenvalue weighted by atomic mass is 10.2. The summed E-state index contributed by atoms with van der Waals surface area (Å²) >= 11 is 0. The molecule has 0 radical (unpaired) electrons.